The molecule has 3 atom stereocenters. The molecule has 5 amide bonds. The molecule has 4 rings (SSSR count). The van der Waals surface area contributed by atoms with Crippen molar-refractivity contribution in [3.8, 4) is 0 Å². The third kappa shape index (κ3) is 2.59. The van der Waals surface area contributed by atoms with Crippen LogP contribution in [0.4, 0.5) is 9.59 Å². The Morgan fingerprint density at radius 1 is 0.857 bits per heavy atom. The van der Waals surface area contributed by atoms with Gasteiger partial charge in [-0.1, -0.05) is 0 Å². The van der Waals surface area contributed by atoms with Gasteiger partial charge >= 0.3 is 12.1 Å². The van der Waals surface area contributed by atoms with Crippen LogP contribution in [0.25, 0.3) is 0 Å². The van der Waals surface area contributed by atoms with E-state index in [1.807, 2.05) is 0 Å². The molecule has 0 N–H and O–H groups in total. The van der Waals surface area contributed by atoms with Crippen LogP contribution in [0.15, 0.2) is 0 Å². The van der Waals surface area contributed by atoms with Gasteiger partial charge in [-0.3, -0.25) is 14.6 Å². The molecule has 9 heteroatoms. The smallest absolute Gasteiger partial charge is 0.335 e. The van der Waals surface area contributed by atoms with E-state index in [1.54, 1.807) is 0 Å². The van der Waals surface area contributed by atoms with Crippen molar-refractivity contribution < 1.29 is 28.6 Å². The number of imide groups is 2. The Bertz CT molecular complexity index is 499. The number of epoxide rings is 3. The summed E-state index contributed by atoms with van der Waals surface area (Å²) in [5, 5.41) is 0. The minimum absolute atomic E-state index is 0.115. The fourth-order valence-corrected chi connectivity index (χ4v) is 2.33. The van der Waals surface area contributed by atoms with Crippen molar-refractivity contribution in [3.63, 3.8) is 0 Å². The molecular weight excluding hydrogens is 282 g/mol. The molecule has 4 heterocycles. The van der Waals surface area contributed by atoms with E-state index in [9.17, 15) is 14.4 Å². The molecule has 4 aliphatic rings. The molecule has 0 aromatic carbocycles. The Balaban J connectivity index is 1.58. The quantitative estimate of drug-likeness (QED) is 0.593. The monoisotopic (exact) mass is 297 g/mol. The molecule has 3 unspecified atom stereocenters. The number of urea groups is 2. The van der Waals surface area contributed by atoms with E-state index in [-0.39, 0.29) is 31.8 Å². The number of nitrogens with zero attached hydrogens (tertiary/aromatic N) is 3. The Morgan fingerprint density at radius 3 is 1.95 bits per heavy atom. The van der Waals surface area contributed by atoms with E-state index in [1.165, 1.54) is 4.90 Å². The maximum absolute atomic E-state index is 12.5. The molecule has 9 nitrogen and oxygen atoms in total. The van der Waals surface area contributed by atoms with Gasteiger partial charge in [0, 0.05) is 0 Å². The van der Waals surface area contributed by atoms with E-state index in [2.05, 4.69) is 0 Å². The normalized spacial score (nSPS) is 35.1. The van der Waals surface area contributed by atoms with Crippen molar-refractivity contribution in [3.05, 3.63) is 0 Å². The predicted octanol–water partition coefficient (Wildman–Crippen LogP) is -1.17. The molecule has 4 fully saturated rings. The predicted molar refractivity (Wildman–Crippen MR) is 65.1 cm³/mol. The van der Waals surface area contributed by atoms with Crippen LogP contribution in [0.2, 0.25) is 0 Å². The molecule has 21 heavy (non-hydrogen) atoms. The summed E-state index contributed by atoms with van der Waals surface area (Å²) < 4.78 is 15.3. The SMILES string of the molecule is O=C1CN(C2CO2)C(=O)N(CC2CO2)C(=O)N1CC1CO1. The van der Waals surface area contributed by atoms with E-state index < -0.39 is 24.2 Å². The molecule has 4 saturated heterocycles. The number of hydrogen-bond donors (Lipinski definition) is 0. The summed E-state index contributed by atoms with van der Waals surface area (Å²) in [7, 11) is 0. The summed E-state index contributed by atoms with van der Waals surface area (Å²) in [6.07, 6.45) is -0.656. The summed E-state index contributed by atoms with van der Waals surface area (Å²) in [4.78, 5) is 40.7. The van der Waals surface area contributed by atoms with Crippen LogP contribution in [0.3, 0.4) is 0 Å². The second-order valence-corrected chi connectivity index (χ2v) is 5.51. The highest BCUT2D eigenvalue weighted by Gasteiger charge is 2.47. The van der Waals surface area contributed by atoms with Crippen LogP contribution in [0.1, 0.15) is 0 Å². The van der Waals surface area contributed by atoms with Crippen molar-refractivity contribution in [1.29, 1.82) is 0 Å². The lowest BCUT2D eigenvalue weighted by atomic mass is 10.4. The summed E-state index contributed by atoms with van der Waals surface area (Å²) in [5.74, 6) is -0.404. The van der Waals surface area contributed by atoms with Crippen molar-refractivity contribution in [2.75, 3.05) is 39.5 Å². The van der Waals surface area contributed by atoms with E-state index in [0.717, 1.165) is 9.80 Å². The van der Waals surface area contributed by atoms with Crippen molar-refractivity contribution >= 4 is 18.0 Å². The van der Waals surface area contributed by atoms with Gasteiger partial charge in [-0.15, -0.1) is 0 Å². The first kappa shape index (κ1) is 13.0. The van der Waals surface area contributed by atoms with Gasteiger partial charge in [0.15, 0.2) is 6.23 Å². The fraction of sp³-hybridized carbons (Fsp3) is 0.750. The molecule has 0 aromatic heterocycles. The number of carbonyl (C=O) groups is 3. The highest BCUT2D eigenvalue weighted by molar-refractivity contribution is 6.06. The topological polar surface area (TPSA) is 98.5 Å². The average molecular weight is 297 g/mol. The van der Waals surface area contributed by atoms with Crippen molar-refractivity contribution in [2.24, 2.45) is 0 Å². The first-order valence-electron chi connectivity index (χ1n) is 6.91. The molecule has 4 aliphatic heterocycles. The fourth-order valence-electron chi connectivity index (χ4n) is 2.33. The zero-order valence-electron chi connectivity index (χ0n) is 11.3. The molecule has 0 aliphatic carbocycles. The summed E-state index contributed by atoms with van der Waals surface area (Å²) >= 11 is 0. The average Bonchev–Trinajstić information content (AvgIpc) is 3.29. The minimum atomic E-state index is -0.598. The van der Waals surface area contributed by atoms with Gasteiger partial charge < -0.3 is 14.2 Å². The second-order valence-electron chi connectivity index (χ2n) is 5.51. The summed E-state index contributed by atoms with van der Waals surface area (Å²) in [6.45, 7) is 1.65. The van der Waals surface area contributed by atoms with E-state index in [4.69, 9.17) is 14.2 Å². The van der Waals surface area contributed by atoms with Gasteiger partial charge in [0.1, 0.15) is 6.54 Å². The zero-order valence-corrected chi connectivity index (χ0v) is 11.3. The van der Waals surface area contributed by atoms with Crippen molar-refractivity contribution in [2.45, 2.75) is 18.4 Å². The van der Waals surface area contributed by atoms with Crippen LogP contribution in [-0.4, -0.2) is 90.6 Å². The van der Waals surface area contributed by atoms with Crippen LogP contribution in [0.5, 0.6) is 0 Å². The standard InChI is InChI=1S/C12H15N3O6/c16-9-3-14(10-6-21-10)12(18)15(2-8-5-20-8)11(17)13(9)1-7-4-19-7/h7-8,10H,1-6H2. The molecule has 0 aromatic rings. The Kier molecular flexibility index (Phi) is 2.88. The van der Waals surface area contributed by atoms with Crippen LogP contribution in [0, 0.1) is 0 Å². The Labute approximate surface area is 120 Å². The molecule has 0 radical (unpaired) electrons. The van der Waals surface area contributed by atoms with Gasteiger partial charge in [0.25, 0.3) is 5.91 Å². The van der Waals surface area contributed by atoms with E-state index in [0.29, 0.717) is 19.8 Å². The Hall–Kier alpha value is -1.71. The Morgan fingerprint density at radius 2 is 1.43 bits per heavy atom. The van der Waals surface area contributed by atoms with Gasteiger partial charge in [-0.05, 0) is 0 Å². The number of hydrogen-bond acceptors (Lipinski definition) is 6. The van der Waals surface area contributed by atoms with Gasteiger partial charge in [0.05, 0.1) is 45.1 Å². The number of carbonyl (C=O) groups excluding carboxylic acids is 3. The maximum atomic E-state index is 12.5. The highest BCUT2D eigenvalue weighted by atomic mass is 16.6. The van der Waals surface area contributed by atoms with E-state index >= 15 is 0 Å². The maximum Gasteiger partial charge on any atom is 0.335 e. The zero-order chi connectivity index (χ0) is 14.6. The first-order valence-corrected chi connectivity index (χ1v) is 6.91. The second kappa shape index (κ2) is 4.65. The van der Waals surface area contributed by atoms with Crippen LogP contribution >= 0.6 is 0 Å². The molecule has 0 spiro atoms. The molecular formula is C12H15N3O6. The van der Waals surface area contributed by atoms with Crippen LogP contribution in [-0.2, 0) is 19.0 Å². The number of ether oxygens (including phenoxy) is 3. The minimum Gasteiger partial charge on any atom is -0.371 e. The molecule has 114 valence electrons. The number of amides is 5. The third-order valence-corrected chi connectivity index (χ3v) is 3.79. The largest absolute Gasteiger partial charge is 0.371 e. The first-order chi connectivity index (χ1) is 10.1. The summed E-state index contributed by atoms with van der Waals surface area (Å²) in [6, 6.07) is -1.09. The number of rotatable bonds is 5. The van der Waals surface area contributed by atoms with Gasteiger partial charge in [-0.25, -0.2) is 14.5 Å². The lowest BCUT2D eigenvalue weighted by Crippen LogP contribution is -2.49. The van der Waals surface area contributed by atoms with Gasteiger partial charge in [0.2, 0.25) is 0 Å². The molecule has 0 bridgehead atoms. The summed E-state index contributed by atoms with van der Waals surface area (Å²) in [5.41, 5.74) is 0. The van der Waals surface area contributed by atoms with Crippen molar-refractivity contribution in [1.82, 2.24) is 14.7 Å². The molecule has 0 saturated carbocycles. The highest BCUT2D eigenvalue weighted by Crippen LogP contribution is 2.24. The lowest BCUT2D eigenvalue weighted by Gasteiger charge is -2.24. The third-order valence-electron chi connectivity index (χ3n) is 3.79. The van der Waals surface area contributed by atoms with Crippen LogP contribution < -0.4 is 0 Å². The van der Waals surface area contributed by atoms with Gasteiger partial charge in [-0.2, -0.15) is 0 Å². The lowest BCUT2D eigenvalue weighted by molar-refractivity contribution is -0.129.